The first kappa shape index (κ1) is 24.9. The Morgan fingerprint density at radius 2 is 1.65 bits per heavy atom. The zero-order valence-corrected chi connectivity index (χ0v) is 21.0. The number of ether oxygens (including phenoxy) is 2. The molecule has 2 aliphatic carbocycles. The van der Waals surface area contributed by atoms with Crippen LogP contribution in [0.2, 0.25) is 0 Å². The van der Waals surface area contributed by atoms with E-state index < -0.39 is 16.8 Å². The van der Waals surface area contributed by atoms with E-state index in [2.05, 4.69) is 0 Å². The highest BCUT2D eigenvalue weighted by Gasteiger charge is 2.45. The number of aliphatic imine (C=N–C) groups is 1. The van der Waals surface area contributed by atoms with Crippen molar-refractivity contribution in [1.29, 1.82) is 0 Å². The van der Waals surface area contributed by atoms with Gasteiger partial charge in [-0.05, 0) is 68.2 Å². The van der Waals surface area contributed by atoms with Crippen LogP contribution in [0.1, 0.15) is 68.4 Å². The molecule has 1 saturated carbocycles. The zero-order chi connectivity index (χ0) is 26.1. The number of allylic oxidation sites excluding steroid dienone is 2. The summed E-state index contributed by atoms with van der Waals surface area (Å²) >= 11 is 0. The van der Waals surface area contributed by atoms with E-state index in [0.717, 1.165) is 37.0 Å². The van der Waals surface area contributed by atoms with Crippen LogP contribution in [0.5, 0.6) is 5.75 Å². The molecule has 2 aromatic rings. The van der Waals surface area contributed by atoms with Crippen LogP contribution in [-0.2, 0) is 14.3 Å². The number of Topliss-reactive ketones (excluding diaryl/α,β-unsaturated/α-hetero) is 1. The topological polar surface area (TPSA) is 108 Å². The minimum atomic E-state index is -0.748. The van der Waals surface area contributed by atoms with Gasteiger partial charge in [0, 0.05) is 41.5 Å². The molecule has 0 bridgehead atoms. The summed E-state index contributed by atoms with van der Waals surface area (Å²) < 4.78 is 11.1. The van der Waals surface area contributed by atoms with E-state index >= 15 is 0 Å². The molecule has 3 atom stereocenters. The minimum absolute atomic E-state index is 0.0341. The normalized spacial score (nSPS) is 23.9. The predicted molar refractivity (Wildman–Crippen MR) is 138 cm³/mol. The fraction of sp³-hybridized carbons (Fsp3) is 0.414. The van der Waals surface area contributed by atoms with Crippen molar-refractivity contribution in [2.24, 2.45) is 10.9 Å². The average molecular weight is 503 g/mol. The van der Waals surface area contributed by atoms with Gasteiger partial charge < -0.3 is 9.47 Å². The van der Waals surface area contributed by atoms with E-state index in [-0.39, 0.29) is 29.5 Å². The molecule has 0 radical (unpaired) electrons. The molecule has 1 aliphatic heterocycles. The maximum atomic E-state index is 13.7. The number of benzene rings is 2. The lowest BCUT2D eigenvalue weighted by molar-refractivity contribution is -0.384. The van der Waals surface area contributed by atoms with Gasteiger partial charge in [-0.15, -0.1) is 0 Å². The van der Waals surface area contributed by atoms with Gasteiger partial charge in [0.25, 0.3) is 5.69 Å². The number of hydrogen-bond acceptors (Lipinski definition) is 7. The Bertz CT molecular complexity index is 1270. The minimum Gasteiger partial charge on any atom is -0.497 e. The number of methoxy groups -OCH3 is 1. The largest absolute Gasteiger partial charge is 0.497 e. The average Bonchev–Trinajstić information content (AvgIpc) is 3.40. The standard InChI is InChI=1S/C29H30N2O6/c1-17-26(29(33)37-23-5-3-4-6-23)27(19-7-11-21(12-8-19)31(34)35)28-24(30-17)15-20(16-25(28)32)18-9-13-22(36-2)14-10-18/h7-14,20,23,26-27H,3-6,15-16H2,1-2H3/t20-,26?,27+/m1/s1. The molecule has 0 N–H and O–H groups in total. The van der Waals surface area contributed by atoms with E-state index in [4.69, 9.17) is 14.5 Å². The molecular formula is C29H30N2O6. The number of carbonyl (C=O) groups excluding carboxylic acids is 2. The van der Waals surface area contributed by atoms with Gasteiger partial charge in [-0.25, -0.2) is 0 Å². The van der Waals surface area contributed by atoms with Crippen LogP contribution < -0.4 is 4.74 Å². The summed E-state index contributed by atoms with van der Waals surface area (Å²) in [6, 6.07) is 13.8. The maximum absolute atomic E-state index is 13.7. The predicted octanol–water partition coefficient (Wildman–Crippen LogP) is 5.66. The summed E-state index contributed by atoms with van der Waals surface area (Å²) in [5.41, 5.74) is 3.48. The van der Waals surface area contributed by atoms with E-state index in [1.807, 2.05) is 31.2 Å². The smallest absolute Gasteiger partial charge is 0.315 e. The first-order valence-corrected chi connectivity index (χ1v) is 12.8. The van der Waals surface area contributed by atoms with Crippen LogP contribution in [0.25, 0.3) is 0 Å². The molecule has 1 unspecified atom stereocenters. The van der Waals surface area contributed by atoms with Gasteiger partial charge in [0.05, 0.1) is 12.0 Å². The molecule has 3 aliphatic rings. The van der Waals surface area contributed by atoms with E-state index in [9.17, 15) is 19.7 Å². The van der Waals surface area contributed by atoms with Gasteiger partial charge in [0.1, 0.15) is 17.8 Å². The Morgan fingerprint density at radius 1 is 1.00 bits per heavy atom. The van der Waals surface area contributed by atoms with Crippen LogP contribution in [0.4, 0.5) is 5.69 Å². The number of hydrogen-bond donors (Lipinski definition) is 0. The van der Waals surface area contributed by atoms with Crippen molar-refractivity contribution >= 4 is 23.2 Å². The number of nitro groups is 1. The van der Waals surface area contributed by atoms with E-state index in [0.29, 0.717) is 35.4 Å². The molecule has 1 heterocycles. The summed E-state index contributed by atoms with van der Waals surface area (Å²) in [6.45, 7) is 1.81. The number of ketones is 1. The quantitative estimate of drug-likeness (QED) is 0.286. The van der Waals surface area contributed by atoms with Gasteiger partial charge >= 0.3 is 5.97 Å². The number of non-ortho nitro benzene ring substituents is 1. The Labute approximate surface area is 215 Å². The Balaban J connectivity index is 1.52. The lowest BCUT2D eigenvalue weighted by Gasteiger charge is -2.37. The second-order valence-electron chi connectivity index (χ2n) is 10.1. The van der Waals surface area contributed by atoms with Gasteiger partial charge in [-0.3, -0.25) is 24.7 Å². The number of rotatable bonds is 6. The highest BCUT2D eigenvalue weighted by atomic mass is 16.6. The summed E-state index contributed by atoms with van der Waals surface area (Å²) in [7, 11) is 1.61. The maximum Gasteiger partial charge on any atom is 0.315 e. The van der Waals surface area contributed by atoms with Crippen LogP contribution >= 0.6 is 0 Å². The van der Waals surface area contributed by atoms with Crippen molar-refractivity contribution in [2.45, 2.75) is 63.4 Å². The summed E-state index contributed by atoms with van der Waals surface area (Å²) in [5, 5.41) is 11.2. The van der Waals surface area contributed by atoms with Gasteiger partial charge in [0.15, 0.2) is 5.78 Å². The molecule has 8 nitrogen and oxygen atoms in total. The summed E-state index contributed by atoms with van der Waals surface area (Å²) in [6.07, 6.45) is 4.49. The van der Waals surface area contributed by atoms with Crippen LogP contribution in [-0.4, -0.2) is 35.6 Å². The molecule has 5 rings (SSSR count). The SMILES string of the molecule is COc1ccc([C@H]2CC(=O)C3=C(C2)N=C(C)C(C(=O)OC2CCCC2)[C@@H]3c2ccc([N+](=O)[O-])cc2)cc1. The first-order chi connectivity index (χ1) is 17.9. The van der Waals surface area contributed by atoms with Crippen molar-refractivity contribution < 1.29 is 24.0 Å². The molecule has 0 spiro atoms. The second kappa shape index (κ2) is 10.3. The Kier molecular flexibility index (Phi) is 6.91. The lowest BCUT2D eigenvalue weighted by Crippen LogP contribution is -2.39. The lowest BCUT2D eigenvalue weighted by atomic mass is 9.69. The number of nitrogens with zero attached hydrogens (tertiary/aromatic N) is 2. The second-order valence-corrected chi connectivity index (χ2v) is 10.1. The molecule has 1 fully saturated rings. The third kappa shape index (κ3) is 4.92. The summed E-state index contributed by atoms with van der Waals surface area (Å²) in [5.74, 6) is -1.06. The molecular weight excluding hydrogens is 472 g/mol. The third-order valence-corrected chi connectivity index (χ3v) is 7.78. The number of esters is 1. The molecule has 192 valence electrons. The van der Waals surface area contributed by atoms with Gasteiger partial charge in [0.2, 0.25) is 0 Å². The Morgan fingerprint density at radius 3 is 2.27 bits per heavy atom. The number of carbonyl (C=O) groups is 2. The zero-order valence-electron chi connectivity index (χ0n) is 21.0. The van der Waals surface area contributed by atoms with Crippen molar-refractivity contribution in [2.75, 3.05) is 7.11 Å². The molecule has 37 heavy (non-hydrogen) atoms. The molecule has 8 heteroatoms. The third-order valence-electron chi connectivity index (χ3n) is 7.78. The molecule has 0 saturated heterocycles. The first-order valence-electron chi connectivity index (χ1n) is 12.8. The highest BCUT2D eigenvalue weighted by Crippen LogP contribution is 2.47. The fourth-order valence-electron chi connectivity index (χ4n) is 5.88. The summed E-state index contributed by atoms with van der Waals surface area (Å²) in [4.78, 5) is 42.8. The number of nitro benzene ring substituents is 1. The Hall–Kier alpha value is -3.81. The molecule has 0 aromatic heterocycles. The van der Waals surface area contributed by atoms with E-state index in [1.54, 1.807) is 19.2 Å². The van der Waals surface area contributed by atoms with Gasteiger partial charge in [-0.1, -0.05) is 24.3 Å². The van der Waals surface area contributed by atoms with Crippen molar-refractivity contribution in [1.82, 2.24) is 0 Å². The monoisotopic (exact) mass is 502 g/mol. The highest BCUT2D eigenvalue weighted by molar-refractivity contribution is 6.09. The fourth-order valence-corrected chi connectivity index (χ4v) is 5.88. The van der Waals surface area contributed by atoms with Crippen molar-refractivity contribution in [3.05, 3.63) is 81.0 Å². The van der Waals surface area contributed by atoms with Crippen LogP contribution in [0, 0.1) is 16.0 Å². The van der Waals surface area contributed by atoms with Crippen LogP contribution in [0.3, 0.4) is 0 Å². The van der Waals surface area contributed by atoms with Crippen molar-refractivity contribution in [3.8, 4) is 5.75 Å². The van der Waals surface area contributed by atoms with Crippen molar-refractivity contribution in [3.63, 3.8) is 0 Å². The van der Waals surface area contributed by atoms with Gasteiger partial charge in [-0.2, -0.15) is 0 Å². The van der Waals surface area contributed by atoms with Crippen LogP contribution in [0.15, 0.2) is 64.8 Å². The molecule has 0 amide bonds. The molecule has 2 aromatic carbocycles. The van der Waals surface area contributed by atoms with E-state index in [1.165, 1.54) is 12.1 Å².